The SMILES string of the molecule is CC(C)n1nccc1NC(=O)N1CCCC[C@@H]1CCN(C)C. The van der Waals surface area contributed by atoms with Gasteiger partial charge in [0.2, 0.25) is 0 Å². The maximum Gasteiger partial charge on any atom is 0.323 e. The third-order valence-corrected chi connectivity index (χ3v) is 4.19. The van der Waals surface area contributed by atoms with Crippen LogP contribution in [0.3, 0.4) is 0 Å². The van der Waals surface area contributed by atoms with Crippen LogP contribution in [-0.4, -0.2) is 58.8 Å². The van der Waals surface area contributed by atoms with Crippen molar-refractivity contribution in [2.24, 2.45) is 0 Å². The third-order valence-electron chi connectivity index (χ3n) is 4.19. The molecule has 1 fully saturated rings. The van der Waals surface area contributed by atoms with Crippen LogP contribution in [0.2, 0.25) is 0 Å². The average molecular weight is 307 g/mol. The predicted octanol–water partition coefficient (Wildman–Crippen LogP) is 2.80. The van der Waals surface area contributed by atoms with Gasteiger partial charge >= 0.3 is 6.03 Å². The Hall–Kier alpha value is -1.56. The van der Waals surface area contributed by atoms with Crippen molar-refractivity contribution in [2.45, 2.75) is 51.6 Å². The van der Waals surface area contributed by atoms with Crippen molar-refractivity contribution >= 4 is 11.8 Å². The molecular weight excluding hydrogens is 278 g/mol. The molecule has 0 unspecified atom stereocenters. The minimum absolute atomic E-state index is 0.00542. The maximum absolute atomic E-state index is 12.7. The van der Waals surface area contributed by atoms with Crippen molar-refractivity contribution in [1.82, 2.24) is 19.6 Å². The number of carbonyl (C=O) groups is 1. The molecule has 1 aliphatic rings. The predicted molar refractivity (Wildman–Crippen MR) is 89.1 cm³/mol. The summed E-state index contributed by atoms with van der Waals surface area (Å²) in [5.41, 5.74) is 0. The molecule has 124 valence electrons. The minimum Gasteiger partial charge on any atom is -0.321 e. The molecule has 1 aromatic rings. The van der Waals surface area contributed by atoms with E-state index in [2.05, 4.69) is 43.3 Å². The van der Waals surface area contributed by atoms with Gasteiger partial charge in [0.15, 0.2) is 0 Å². The summed E-state index contributed by atoms with van der Waals surface area (Å²) < 4.78 is 1.84. The molecular formula is C16H29N5O. The van der Waals surface area contributed by atoms with E-state index in [1.54, 1.807) is 6.20 Å². The first-order valence-electron chi connectivity index (χ1n) is 8.25. The van der Waals surface area contributed by atoms with Gasteiger partial charge in [-0.15, -0.1) is 0 Å². The van der Waals surface area contributed by atoms with E-state index >= 15 is 0 Å². The van der Waals surface area contributed by atoms with Crippen molar-refractivity contribution in [3.63, 3.8) is 0 Å². The van der Waals surface area contributed by atoms with Gasteiger partial charge in [-0.1, -0.05) is 0 Å². The Morgan fingerprint density at radius 1 is 1.45 bits per heavy atom. The first-order valence-corrected chi connectivity index (χ1v) is 8.25. The fourth-order valence-corrected chi connectivity index (χ4v) is 2.98. The summed E-state index contributed by atoms with van der Waals surface area (Å²) >= 11 is 0. The number of nitrogens with zero attached hydrogens (tertiary/aromatic N) is 4. The van der Waals surface area contributed by atoms with Gasteiger partial charge in [-0.2, -0.15) is 5.10 Å². The molecule has 0 bridgehead atoms. The smallest absolute Gasteiger partial charge is 0.321 e. The van der Waals surface area contributed by atoms with Gasteiger partial charge in [0, 0.05) is 24.7 Å². The largest absolute Gasteiger partial charge is 0.323 e. The molecule has 0 aromatic carbocycles. The van der Waals surface area contributed by atoms with Gasteiger partial charge in [-0.25, -0.2) is 9.48 Å². The second-order valence-electron chi connectivity index (χ2n) is 6.62. The van der Waals surface area contributed by atoms with Gasteiger partial charge in [0.1, 0.15) is 5.82 Å². The van der Waals surface area contributed by atoms with Crippen LogP contribution in [0.25, 0.3) is 0 Å². The Morgan fingerprint density at radius 3 is 2.91 bits per heavy atom. The summed E-state index contributed by atoms with van der Waals surface area (Å²) in [4.78, 5) is 16.8. The highest BCUT2D eigenvalue weighted by Gasteiger charge is 2.27. The summed E-state index contributed by atoms with van der Waals surface area (Å²) in [6.07, 6.45) is 6.17. The third kappa shape index (κ3) is 4.22. The molecule has 2 heterocycles. The van der Waals surface area contributed by atoms with Gasteiger partial charge < -0.3 is 9.80 Å². The van der Waals surface area contributed by atoms with Crippen molar-refractivity contribution in [3.05, 3.63) is 12.3 Å². The first kappa shape index (κ1) is 16.8. The quantitative estimate of drug-likeness (QED) is 0.910. The number of carbonyl (C=O) groups excluding carboxylic acids is 1. The molecule has 1 saturated heterocycles. The number of hydrogen-bond donors (Lipinski definition) is 1. The normalized spacial score (nSPS) is 19.0. The molecule has 1 N–H and O–H groups in total. The zero-order chi connectivity index (χ0) is 16.1. The molecule has 0 spiro atoms. The van der Waals surface area contributed by atoms with Gasteiger partial charge in [-0.05, 0) is 60.2 Å². The lowest BCUT2D eigenvalue weighted by Crippen LogP contribution is -2.47. The van der Waals surface area contributed by atoms with E-state index in [0.717, 1.165) is 38.2 Å². The van der Waals surface area contributed by atoms with E-state index in [9.17, 15) is 4.79 Å². The van der Waals surface area contributed by atoms with Crippen molar-refractivity contribution in [2.75, 3.05) is 32.5 Å². The van der Waals surface area contributed by atoms with Crippen LogP contribution < -0.4 is 5.32 Å². The molecule has 6 heteroatoms. The number of piperidine rings is 1. The Bertz CT molecular complexity index is 483. The van der Waals surface area contributed by atoms with E-state index in [0.29, 0.717) is 6.04 Å². The van der Waals surface area contributed by atoms with E-state index < -0.39 is 0 Å². The molecule has 1 aliphatic heterocycles. The van der Waals surface area contributed by atoms with Crippen molar-refractivity contribution in [3.8, 4) is 0 Å². The average Bonchev–Trinajstić information content (AvgIpc) is 2.93. The fraction of sp³-hybridized carbons (Fsp3) is 0.750. The number of urea groups is 1. The molecule has 0 radical (unpaired) electrons. The number of anilines is 1. The standard InChI is InChI=1S/C16H29N5O/c1-13(2)21-15(8-10-17-21)18-16(22)20-11-6-5-7-14(20)9-12-19(3)4/h8,10,13-14H,5-7,9,11-12H2,1-4H3,(H,18,22)/t14-/m1/s1. The van der Waals surface area contributed by atoms with Crippen LogP contribution in [0.1, 0.15) is 45.6 Å². The van der Waals surface area contributed by atoms with E-state index in [1.807, 2.05) is 15.6 Å². The van der Waals surface area contributed by atoms with Crippen LogP contribution in [0, 0.1) is 0 Å². The molecule has 6 nitrogen and oxygen atoms in total. The Labute approximate surface area is 133 Å². The highest BCUT2D eigenvalue weighted by atomic mass is 16.2. The highest BCUT2D eigenvalue weighted by Crippen LogP contribution is 2.22. The van der Waals surface area contributed by atoms with Gasteiger partial charge in [-0.3, -0.25) is 5.32 Å². The summed E-state index contributed by atoms with van der Waals surface area (Å²) in [7, 11) is 4.16. The van der Waals surface area contributed by atoms with Crippen LogP contribution >= 0.6 is 0 Å². The molecule has 1 atom stereocenters. The van der Waals surface area contributed by atoms with Crippen LogP contribution in [0.15, 0.2) is 12.3 Å². The molecule has 1 aromatic heterocycles. The summed E-state index contributed by atoms with van der Waals surface area (Å²) in [6, 6.07) is 2.44. The van der Waals surface area contributed by atoms with E-state index in [-0.39, 0.29) is 12.1 Å². The second-order valence-corrected chi connectivity index (χ2v) is 6.62. The molecule has 22 heavy (non-hydrogen) atoms. The van der Waals surface area contributed by atoms with Crippen molar-refractivity contribution < 1.29 is 4.79 Å². The first-order chi connectivity index (χ1) is 10.5. The Balaban J connectivity index is 2.00. The number of aromatic nitrogens is 2. The zero-order valence-corrected chi connectivity index (χ0v) is 14.2. The Kier molecular flexibility index (Phi) is 5.83. The maximum atomic E-state index is 12.7. The van der Waals surface area contributed by atoms with Crippen molar-refractivity contribution in [1.29, 1.82) is 0 Å². The lowest BCUT2D eigenvalue weighted by atomic mass is 9.99. The minimum atomic E-state index is 0.00542. The molecule has 2 rings (SSSR count). The summed E-state index contributed by atoms with van der Waals surface area (Å²) in [5, 5.41) is 7.30. The van der Waals surface area contributed by atoms with E-state index in [1.165, 1.54) is 6.42 Å². The van der Waals surface area contributed by atoms with Crippen LogP contribution in [-0.2, 0) is 0 Å². The lowest BCUT2D eigenvalue weighted by molar-refractivity contribution is 0.152. The highest BCUT2D eigenvalue weighted by molar-refractivity contribution is 5.88. The number of amides is 2. The zero-order valence-electron chi connectivity index (χ0n) is 14.2. The number of nitrogens with one attached hydrogen (secondary N) is 1. The number of hydrogen-bond acceptors (Lipinski definition) is 3. The van der Waals surface area contributed by atoms with Crippen LogP contribution in [0.5, 0.6) is 0 Å². The fourth-order valence-electron chi connectivity index (χ4n) is 2.98. The molecule has 0 aliphatic carbocycles. The summed E-state index contributed by atoms with van der Waals surface area (Å²) in [6.45, 7) is 5.98. The molecule has 2 amide bonds. The molecule has 0 saturated carbocycles. The van der Waals surface area contributed by atoms with Crippen LogP contribution in [0.4, 0.5) is 10.6 Å². The monoisotopic (exact) mass is 307 g/mol. The number of rotatable bonds is 5. The summed E-state index contributed by atoms with van der Waals surface area (Å²) in [5.74, 6) is 0.775. The topological polar surface area (TPSA) is 53.4 Å². The number of likely N-dealkylation sites (tertiary alicyclic amines) is 1. The van der Waals surface area contributed by atoms with E-state index in [4.69, 9.17) is 0 Å². The van der Waals surface area contributed by atoms with Gasteiger partial charge in [0.05, 0.1) is 6.20 Å². The van der Waals surface area contributed by atoms with Gasteiger partial charge in [0.25, 0.3) is 0 Å². The lowest BCUT2D eigenvalue weighted by Gasteiger charge is -2.36. The Morgan fingerprint density at radius 2 is 2.23 bits per heavy atom. The second kappa shape index (κ2) is 7.63.